The van der Waals surface area contributed by atoms with E-state index in [4.69, 9.17) is 0 Å². The van der Waals surface area contributed by atoms with Crippen LogP contribution >= 0.6 is 0 Å². The van der Waals surface area contributed by atoms with Gasteiger partial charge in [-0.2, -0.15) is 4.31 Å². The first-order valence-electron chi connectivity index (χ1n) is 8.07. The lowest BCUT2D eigenvalue weighted by atomic mass is 10.2. The van der Waals surface area contributed by atoms with Crippen molar-refractivity contribution >= 4 is 16.0 Å². The smallest absolute Gasteiger partial charge is 0.337 e. The van der Waals surface area contributed by atoms with Crippen molar-refractivity contribution in [3.8, 4) is 0 Å². The summed E-state index contributed by atoms with van der Waals surface area (Å²) in [4.78, 5) is 13.4. The Labute approximate surface area is 147 Å². The highest BCUT2D eigenvalue weighted by Crippen LogP contribution is 2.22. The van der Waals surface area contributed by atoms with Gasteiger partial charge in [0.25, 0.3) is 0 Å². The normalized spacial score (nSPS) is 16.6. The van der Waals surface area contributed by atoms with Crippen LogP contribution in [0.3, 0.4) is 0 Å². The molecule has 0 bridgehead atoms. The number of carboxylic acids is 1. The lowest BCUT2D eigenvalue weighted by Gasteiger charge is -2.34. The topological polar surface area (TPSA) is 77.9 Å². The Morgan fingerprint density at radius 2 is 1.52 bits per heavy atom. The van der Waals surface area contributed by atoms with Crippen molar-refractivity contribution in [2.45, 2.75) is 11.4 Å². The van der Waals surface area contributed by atoms with Crippen molar-refractivity contribution in [3.05, 3.63) is 65.7 Å². The summed E-state index contributed by atoms with van der Waals surface area (Å²) in [6.07, 6.45) is 0. The number of piperazine rings is 1. The van der Waals surface area contributed by atoms with E-state index in [1.807, 2.05) is 30.3 Å². The maximum Gasteiger partial charge on any atom is 0.337 e. The van der Waals surface area contributed by atoms with Gasteiger partial charge in [0.05, 0.1) is 10.5 Å². The lowest BCUT2D eigenvalue weighted by molar-refractivity contribution is 0.0692. The first kappa shape index (κ1) is 17.6. The molecule has 0 saturated carbocycles. The van der Waals surface area contributed by atoms with Gasteiger partial charge in [-0.1, -0.05) is 42.5 Å². The van der Waals surface area contributed by atoms with Gasteiger partial charge in [0, 0.05) is 32.7 Å². The molecule has 132 valence electrons. The highest BCUT2D eigenvalue weighted by Gasteiger charge is 2.31. The van der Waals surface area contributed by atoms with Crippen LogP contribution in [0.5, 0.6) is 0 Å². The molecule has 0 spiro atoms. The van der Waals surface area contributed by atoms with Crippen LogP contribution in [0.4, 0.5) is 0 Å². The van der Waals surface area contributed by atoms with Crippen molar-refractivity contribution in [1.29, 1.82) is 0 Å². The molecule has 0 atom stereocenters. The van der Waals surface area contributed by atoms with Crippen LogP contribution in [0.1, 0.15) is 15.9 Å². The second-order valence-electron chi connectivity index (χ2n) is 5.97. The Morgan fingerprint density at radius 3 is 2.16 bits per heavy atom. The zero-order valence-corrected chi connectivity index (χ0v) is 14.5. The number of hydrogen-bond donors (Lipinski definition) is 1. The molecule has 0 amide bonds. The Morgan fingerprint density at radius 1 is 0.920 bits per heavy atom. The summed E-state index contributed by atoms with van der Waals surface area (Å²) in [5.74, 6) is -1.23. The molecule has 6 nitrogen and oxygen atoms in total. The van der Waals surface area contributed by atoms with Crippen molar-refractivity contribution in [1.82, 2.24) is 9.21 Å². The third kappa shape index (κ3) is 3.89. The average molecular weight is 360 g/mol. The van der Waals surface area contributed by atoms with E-state index >= 15 is 0 Å². The molecule has 1 aliphatic rings. The summed E-state index contributed by atoms with van der Waals surface area (Å²) < 4.78 is 27.0. The quantitative estimate of drug-likeness (QED) is 0.881. The molecule has 1 N–H and O–H groups in total. The minimum absolute atomic E-state index is 0.140. The molecule has 1 heterocycles. The molecule has 0 unspecified atom stereocenters. The number of nitrogens with zero attached hydrogens (tertiary/aromatic N) is 2. The van der Waals surface area contributed by atoms with E-state index in [-0.39, 0.29) is 10.5 Å². The van der Waals surface area contributed by atoms with Gasteiger partial charge < -0.3 is 5.11 Å². The minimum Gasteiger partial charge on any atom is -0.478 e. The molecule has 7 heteroatoms. The Balaban J connectivity index is 1.71. The maximum atomic E-state index is 12.8. The summed E-state index contributed by atoms with van der Waals surface area (Å²) in [5.41, 5.74) is 1.00. The van der Waals surface area contributed by atoms with Crippen LogP contribution in [0.2, 0.25) is 0 Å². The van der Waals surface area contributed by atoms with Gasteiger partial charge in [0.15, 0.2) is 0 Å². The molecular weight excluding hydrogens is 340 g/mol. The maximum absolute atomic E-state index is 12.8. The third-order valence-corrected chi connectivity index (χ3v) is 6.27. The standard InChI is InChI=1S/C18H20N2O4S/c21-18(22)16-8-4-5-9-17(16)25(23,24)20-12-10-19(11-13-20)14-15-6-2-1-3-7-15/h1-9H,10-14H2,(H,21,22). The first-order chi connectivity index (χ1) is 12.0. The lowest BCUT2D eigenvalue weighted by Crippen LogP contribution is -2.48. The molecule has 1 saturated heterocycles. The average Bonchev–Trinajstić information content (AvgIpc) is 2.63. The highest BCUT2D eigenvalue weighted by atomic mass is 32.2. The van der Waals surface area contributed by atoms with Crippen molar-refractivity contribution in [3.63, 3.8) is 0 Å². The van der Waals surface area contributed by atoms with Gasteiger partial charge in [-0.25, -0.2) is 13.2 Å². The number of sulfonamides is 1. The van der Waals surface area contributed by atoms with Crippen LogP contribution in [0.15, 0.2) is 59.5 Å². The Hall–Kier alpha value is -2.22. The van der Waals surface area contributed by atoms with Crippen molar-refractivity contribution in [2.75, 3.05) is 26.2 Å². The second kappa shape index (κ2) is 7.35. The second-order valence-corrected chi connectivity index (χ2v) is 7.87. The van der Waals surface area contributed by atoms with Gasteiger partial charge in [-0.3, -0.25) is 4.90 Å². The summed E-state index contributed by atoms with van der Waals surface area (Å²) in [6.45, 7) is 2.71. The predicted molar refractivity (Wildman–Crippen MR) is 93.9 cm³/mol. The monoisotopic (exact) mass is 360 g/mol. The van der Waals surface area contributed by atoms with E-state index < -0.39 is 16.0 Å². The number of aromatic carboxylic acids is 1. The molecule has 1 fully saturated rings. The highest BCUT2D eigenvalue weighted by molar-refractivity contribution is 7.89. The van der Waals surface area contributed by atoms with E-state index in [0.29, 0.717) is 26.2 Å². The van der Waals surface area contributed by atoms with E-state index in [9.17, 15) is 18.3 Å². The summed E-state index contributed by atoms with van der Waals surface area (Å²) >= 11 is 0. The van der Waals surface area contributed by atoms with Crippen molar-refractivity contribution in [2.24, 2.45) is 0 Å². The molecule has 3 rings (SSSR count). The molecule has 0 aliphatic carbocycles. The Kier molecular flexibility index (Phi) is 5.17. The number of rotatable bonds is 5. The molecule has 2 aromatic rings. The Bertz CT molecular complexity index is 844. The van der Waals surface area contributed by atoms with Crippen LogP contribution in [-0.4, -0.2) is 54.9 Å². The SMILES string of the molecule is O=C(O)c1ccccc1S(=O)(=O)N1CCN(Cc2ccccc2)CC1. The first-order valence-corrected chi connectivity index (χ1v) is 9.51. The summed E-state index contributed by atoms with van der Waals surface area (Å²) in [5, 5.41) is 9.24. The summed E-state index contributed by atoms with van der Waals surface area (Å²) in [6, 6.07) is 15.8. The zero-order chi connectivity index (χ0) is 17.9. The summed E-state index contributed by atoms with van der Waals surface area (Å²) in [7, 11) is -3.81. The van der Waals surface area contributed by atoms with Gasteiger partial charge in [-0.05, 0) is 17.7 Å². The number of carboxylic acid groups (broad SMARTS) is 1. The molecule has 2 aromatic carbocycles. The van der Waals surface area contributed by atoms with Crippen LogP contribution in [0.25, 0.3) is 0 Å². The molecule has 0 radical (unpaired) electrons. The van der Waals surface area contributed by atoms with Crippen LogP contribution < -0.4 is 0 Å². The molecular formula is C18H20N2O4S. The van der Waals surface area contributed by atoms with E-state index in [2.05, 4.69) is 4.90 Å². The fraction of sp³-hybridized carbons (Fsp3) is 0.278. The fourth-order valence-electron chi connectivity index (χ4n) is 2.98. The van der Waals surface area contributed by atoms with Gasteiger partial charge >= 0.3 is 5.97 Å². The molecule has 25 heavy (non-hydrogen) atoms. The largest absolute Gasteiger partial charge is 0.478 e. The molecule has 0 aromatic heterocycles. The van der Waals surface area contributed by atoms with E-state index in [1.165, 1.54) is 28.1 Å². The predicted octanol–water partition coefficient (Wildman–Crippen LogP) is 1.89. The van der Waals surface area contributed by atoms with Crippen molar-refractivity contribution < 1.29 is 18.3 Å². The molecule has 1 aliphatic heterocycles. The number of benzene rings is 2. The number of hydrogen-bond acceptors (Lipinski definition) is 4. The number of carbonyl (C=O) groups is 1. The van der Waals surface area contributed by atoms with E-state index in [0.717, 1.165) is 6.54 Å². The van der Waals surface area contributed by atoms with Gasteiger partial charge in [0.1, 0.15) is 0 Å². The zero-order valence-electron chi connectivity index (χ0n) is 13.7. The van der Waals surface area contributed by atoms with Crippen LogP contribution in [0, 0.1) is 0 Å². The fourth-order valence-corrected chi connectivity index (χ4v) is 4.58. The van der Waals surface area contributed by atoms with Gasteiger partial charge in [0.2, 0.25) is 10.0 Å². The van der Waals surface area contributed by atoms with Gasteiger partial charge in [-0.15, -0.1) is 0 Å². The van der Waals surface area contributed by atoms with E-state index in [1.54, 1.807) is 6.07 Å². The van der Waals surface area contributed by atoms with Crippen LogP contribution in [-0.2, 0) is 16.6 Å². The minimum atomic E-state index is -3.81. The third-order valence-electron chi connectivity index (χ3n) is 4.32.